The lowest BCUT2D eigenvalue weighted by molar-refractivity contribution is -0.870. The Labute approximate surface area is 114 Å². The monoisotopic (exact) mass is 291 g/mol. The third kappa shape index (κ3) is 14.1. The molecule has 0 spiro atoms. The van der Waals surface area contributed by atoms with E-state index in [1.165, 1.54) is 0 Å². The molecule has 0 aliphatic rings. The second-order valence-electron chi connectivity index (χ2n) is 4.73. The number of hydrogen-bond donors (Lipinski definition) is 6. The smallest absolute Gasteiger partial charge is 0.110 e. The van der Waals surface area contributed by atoms with E-state index in [0.717, 1.165) is 11.0 Å². The molecule has 8 heteroatoms. The minimum atomic E-state index is -1.49. The lowest BCUT2D eigenvalue weighted by atomic mass is 10.1. The fourth-order valence-electron chi connectivity index (χ4n) is 0.772. The van der Waals surface area contributed by atoms with Gasteiger partial charge in [0.05, 0.1) is 41.0 Å². The van der Waals surface area contributed by atoms with Crippen LogP contribution in [0.25, 0.3) is 0 Å². The van der Waals surface area contributed by atoms with Gasteiger partial charge in [-0.15, -0.1) is 0 Å². The Hall–Kier alpha value is 0.01000. The van der Waals surface area contributed by atoms with Crippen molar-refractivity contribution in [3.63, 3.8) is 0 Å². The van der Waals surface area contributed by atoms with Crippen molar-refractivity contribution >= 4 is 0 Å². The highest BCUT2D eigenvalue weighted by Crippen LogP contribution is 1.98. The van der Waals surface area contributed by atoms with Gasteiger partial charge in [-0.1, -0.05) is 0 Å². The van der Waals surface area contributed by atoms with Crippen molar-refractivity contribution in [3.8, 4) is 0 Å². The first-order chi connectivity index (χ1) is 7.69. The summed E-state index contributed by atoms with van der Waals surface area (Å²) >= 11 is 0. The van der Waals surface area contributed by atoms with Crippen LogP contribution in [0.1, 0.15) is 0 Å². The molecule has 0 fully saturated rings. The number of likely N-dealkylation sites (N-methyl/N-ethyl adjacent to an activating group) is 1. The maximum Gasteiger partial charge on any atom is 0.110 e. The van der Waals surface area contributed by atoms with Crippen LogP contribution < -0.4 is 12.4 Å². The molecule has 7 nitrogen and oxygen atoms in total. The number of aliphatic hydroxyl groups excluding tert-OH is 6. The highest BCUT2D eigenvalue weighted by molar-refractivity contribution is 4.73. The fraction of sp³-hybridized carbons (Fsp3) is 1.00. The first kappa shape index (κ1) is 23.1. The standard InChI is InChI=1S/C5H14NO.C5H12O5.ClH/c1-6(2,3)4-5-7;6-1-3(8)5(10)4(9)2-7;/h7H,4-5H2,1-3H3;3-10H,1-2H2;1H/q+1;;/p-1. The van der Waals surface area contributed by atoms with E-state index in [2.05, 4.69) is 21.1 Å². The van der Waals surface area contributed by atoms with Crippen LogP contribution in [0.4, 0.5) is 0 Å². The SMILES string of the molecule is C[N+](C)(C)CCO.OCC(O)C(O)C(O)CO.[Cl-]. The van der Waals surface area contributed by atoms with E-state index >= 15 is 0 Å². The summed E-state index contributed by atoms with van der Waals surface area (Å²) in [6.07, 6.45) is -4.29. The van der Waals surface area contributed by atoms with Gasteiger partial charge in [0.2, 0.25) is 0 Å². The number of halogens is 1. The molecule has 2 atom stereocenters. The summed E-state index contributed by atoms with van der Waals surface area (Å²) in [5.41, 5.74) is 0. The third-order valence-electron chi connectivity index (χ3n) is 1.93. The molecule has 0 bridgehead atoms. The van der Waals surface area contributed by atoms with E-state index in [0.29, 0.717) is 0 Å². The van der Waals surface area contributed by atoms with Gasteiger partial charge in [0.25, 0.3) is 0 Å². The van der Waals surface area contributed by atoms with Gasteiger partial charge < -0.3 is 47.5 Å². The Balaban J connectivity index is -0.000000251. The van der Waals surface area contributed by atoms with Gasteiger partial charge in [0.1, 0.15) is 24.9 Å². The van der Waals surface area contributed by atoms with E-state index in [9.17, 15) is 0 Å². The molecule has 0 radical (unpaired) electrons. The Bertz CT molecular complexity index is 168. The van der Waals surface area contributed by atoms with Crippen LogP contribution in [0.15, 0.2) is 0 Å². The molecule has 6 N–H and O–H groups in total. The quantitative estimate of drug-likeness (QED) is 0.271. The Morgan fingerprint density at radius 3 is 1.28 bits per heavy atom. The van der Waals surface area contributed by atoms with Crippen LogP contribution >= 0.6 is 0 Å². The molecule has 0 heterocycles. The van der Waals surface area contributed by atoms with Crippen molar-refractivity contribution in [2.45, 2.75) is 18.3 Å². The molecule has 2 unspecified atom stereocenters. The van der Waals surface area contributed by atoms with E-state index < -0.39 is 31.5 Å². The molecule has 0 aliphatic heterocycles. The topological polar surface area (TPSA) is 121 Å². The van der Waals surface area contributed by atoms with Gasteiger partial charge in [-0.3, -0.25) is 0 Å². The summed E-state index contributed by atoms with van der Waals surface area (Å²) in [6.45, 7) is -0.167. The minimum absolute atomic E-state index is 0. The molecule has 0 rings (SSSR count). The third-order valence-corrected chi connectivity index (χ3v) is 1.93. The molecule has 0 saturated carbocycles. The molecule has 0 aromatic carbocycles. The van der Waals surface area contributed by atoms with Gasteiger partial charge in [-0.2, -0.15) is 0 Å². The summed E-state index contributed by atoms with van der Waals surface area (Å²) in [5, 5.41) is 51.0. The van der Waals surface area contributed by atoms with Crippen molar-refractivity contribution in [1.29, 1.82) is 0 Å². The zero-order valence-electron chi connectivity index (χ0n) is 11.1. The predicted octanol–water partition coefficient (Wildman–Crippen LogP) is -6.26. The fourth-order valence-corrected chi connectivity index (χ4v) is 0.772. The normalized spacial score (nSPS) is 15.8. The summed E-state index contributed by atoms with van der Waals surface area (Å²) in [6, 6.07) is 0. The van der Waals surface area contributed by atoms with E-state index in [4.69, 9.17) is 30.6 Å². The van der Waals surface area contributed by atoms with Crippen molar-refractivity contribution in [1.82, 2.24) is 0 Å². The highest BCUT2D eigenvalue weighted by atomic mass is 35.5. The molecular formula is C10H26ClNO6. The van der Waals surface area contributed by atoms with Crippen LogP contribution in [0, 0.1) is 0 Å². The number of quaternary nitrogens is 1. The van der Waals surface area contributed by atoms with Gasteiger partial charge in [0.15, 0.2) is 0 Å². The van der Waals surface area contributed by atoms with E-state index in [1.807, 2.05) is 0 Å². The second-order valence-corrected chi connectivity index (χ2v) is 4.73. The molecule has 114 valence electrons. The zero-order valence-corrected chi connectivity index (χ0v) is 11.8. The van der Waals surface area contributed by atoms with Gasteiger partial charge in [-0.25, -0.2) is 0 Å². The Morgan fingerprint density at radius 2 is 1.17 bits per heavy atom. The average Bonchev–Trinajstić information content (AvgIpc) is 2.25. The van der Waals surface area contributed by atoms with Crippen molar-refractivity contribution in [2.24, 2.45) is 0 Å². The maximum atomic E-state index is 8.77. The summed E-state index contributed by atoms with van der Waals surface area (Å²) in [4.78, 5) is 0. The second kappa shape index (κ2) is 12.1. The van der Waals surface area contributed by atoms with Crippen LogP contribution in [0.3, 0.4) is 0 Å². The van der Waals surface area contributed by atoms with Crippen molar-refractivity contribution in [2.75, 3.05) is 47.5 Å². The zero-order chi connectivity index (χ0) is 14.1. The number of nitrogens with zero attached hydrogens (tertiary/aromatic N) is 1. The van der Waals surface area contributed by atoms with Gasteiger partial charge in [0, 0.05) is 0 Å². The van der Waals surface area contributed by atoms with E-state index in [1.54, 1.807) is 0 Å². The van der Waals surface area contributed by atoms with Crippen molar-refractivity contribution < 1.29 is 47.5 Å². The first-order valence-corrected chi connectivity index (χ1v) is 5.36. The van der Waals surface area contributed by atoms with E-state index in [-0.39, 0.29) is 19.0 Å². The number of aliphatic hydroxyl groups is 6. The Kier molecular flexibility index (Phi) is 15.5. The van der Waals surface area contributed by atoms with Crippen molar-refractivity contribution in [3.05, 3.63) is 0 Å². The highest BCUT2D eigenvalue weighted by Gasteiger charge is 2.22. The van der Waals surface area contributed by atoms with Crippen LogP contribution in [-0.4, -0.2) is 101 Å². The van der Waals surface area contributed by atoms with Gasteiger partial charge >= 0.3 is 0 Å². The molecule has 0 amide bonds. The number of hydrogen-bond acceptors (Lipinski definition) is 6. The van der Waals surface area contributed by atoms with Crippen LogP contribution in [0.2, 0.25) is 0 Å². The largest absolute Gasteiger partial charge is 1.00 e. The van der Waals surface area contributed by atoms with Crippen LogP contribution in [-0.2, 0) is 0 Å². The first-order valence-electron chi connectivity index (χ1n) is 5.36. The lowest BCUT2D eigenvalue weighted by Crippen LogP contribution is -3.00. The average molecular weight is 292 g/mol. The maximum absolute atomic E-state index is 8.77. The summed E-state index contributed by atoms with van der Waals surface area (Å²) in [5.74, 6) is 0. The minimum Gasteiger partial charge on any atom is -1.00 e. The molecule has 0 aliphatic carbocycles. The molecule has 0 aromatic rings. The molecule has 0 aromatic heterocycles. The summed E-state index contributed by atoms with van der Waals surface area (Å²) < 4.78 is 0.844. The Morgan fingerprint density at radius 1 is 0.833 bits per heavy atom. The van der Waals surface area contributed by atoms with Gasteiger partial charge in [-0.05, 0) is 0 Å². The molecular weight excluding hydrogens is 266 g/mol. The lowest BCUT2D eigenvalue weighted by Gasteiger charge is -2.21. The molecule has 0 saturated heterocycles. The number of rotatable bonds is 6. The molecule has 18 heavy (non-hydrogen) atoms. The van der Waals surface area contributed by atoms with Crippen LogP contribution in [0.5, 0.6) is 0 Å². The predicted molar refractivity (Wildman–Crippen MR) is 62.2 cm³/mol. The summed E-state index contributed by atoms with van der Waals surface area (Å²) in [7, 11) is 6.16.